The topological polar surface area (TPSA) is 228 Å². The molecule has 1 heterocycles. The maximum absolute atomic E-state index is 12.6. The highest BCUT2D eigenvalue weighted by Gasteiger charge is 2.37. The van der Waals surface area contributed by atoms with Gasteiger partial charge in [-0.25, -0.2) is 4.79 Å². The van der Waals surface area contributed by atoms with Gasteiger partial charge in [0, 0.05) is 18.7 Å². The number of nitrogens with zero attached hydrogens (tertiary/aromatic N) is 1. The lowest BCUT2D eigenvalue weighted by atomic mass is 10.1. The molecule has 1 saturated heterocycles. The predicted octanol–water partition coefficient (Wildman–Crippen LogP) is -3.35. The molecule has 1 aliphatic heterocycles. The molecule has 0 unspecified atom stereocenters. The van der Waals surface area contributed by atoms with Crippen LogP contribution in [0.15, 0.2) is 0 Å². The van der Waals surface area contributed by atoms with Crippen molar-refractivity contribution >= 4 is 48.2 Å². The van der Waals surface area contributed by atoms with Gasteiger partial charge in [0.25, 0.3) is 0 Å². The predicted molar refractivity (Wildman–Crippen MR) is 120 cm³/mol. The Hall–Kier alpha value is -2.91. The van der Waals surface area contributed by atoms with E-state index in [9.17, 15) is 39.0 Å². The molecule has 0 spiro atoms. The van der Waals surface area contributed by atoms with Crippen LogP contribution in [0.1, 0.15) is 32.6 Å². The van der Waals surface area contributed by atoms with E-state index in [1.54, 1.807) is 0 Å². The summed E-state index contributed by atoms with van der Waals surface area (Å²) in [6, 6.07) is -5.99. The largest absolute Gasteiger partial charge is 0.481 e. The van der Waals surface area contributed by atoms with Gasteiger partial charge in [0.1, 0.15) is 24.2 Å². The molecule has 192 valence electrons. The van der Waals surface area contributed by atoms with Gasteiger partial charge in [0.05, 0.1) is 12.6 Å². The first kappa shape index (κ1) is 29.1. The summed E-state index contributed by atoms with van der Waals surface area (Å²) >= 11 is 4.01. The van der Waals surface area contributed by atoms with Crippen molar-refractivity contribution in [3.63, 3.8) is 0 Å². The van der Waals surface area contributed by atoms with Crippen LogP contribution in [-0.2, 0) is 28.8 Å². The van der Waals surface area contributed by atoms with E-state index in [2.05, 4.69) is 28.6 Å². The lowest BCUT2D eigenvalue weighted by Crippen LogP contribution is -2.59. The third-order valence-corrected chi connectivity index (χ3v) is 5.55. The van der Waals surface area contributed by atoms with Crippen LogP contribution < -0.4 is 21.7 Å². The van der Waals surface area contributed by atoms with Gasteiger partial charge in [-0.15, -0.1) is 0 Å². The fraction of sp³-hybridized carbons (Fsp3) is 0.684. The maximum Gasteiger partial charge on any atom is 0.326 e. The molecule has 0 aromatic heterocycles. The number of carboxylic acid groups (broad SMARTS) is 2. The van der Waals surface area contributed by atoms with Crippen molar-refractivity contribution in [2.75, 3.05) is 18.9 Å². The van der Waals surface area contributed by atoms with Crippen LogP contribution in [0.25, 0.3) is 0 Å². The number of likely N-dealkylation sites (tertiary alicyclic amines) is 1. The summed E-state index contributed by atoms with van der Waals surface area (Å²) in [5.41, 5.74) is 5.57. The average molecular weight is 506 g/mol. The second-order valence-electron chi connectivity index (χ2n) is 7.78. The van der Waals surface area contributed by atoms with Gasteiger partial charge in [-0.2, -0.15) is 12.6 Å². The quantitative estimate of drug-likeness (QED) is 0.116. The van der Waals surface area contributed by atoms with E-state index in [0.29, 0.717) is 12.8 Å². The molecule has 0 aliphatic carbocycles. The molecule has 5 atom stereocenters. The summed E-state index contributed by atoms with van der Waals surface area (Å²) in [5, 5.41) is 34.2. The molecule has 15 heteroatoms. The normalized spacial score (nSPS) is 18.8. The average Bonchev–Trinajstić information content (AvgIpc) is 3.28. The maximum atomic E-state index is 12.6. The highest BCUT2D eigenvalue weighted by molar-refractivity contribution is 7.80. The Kier molecular flexibility index (Phi) is 11.7. The van der Waals surface area contributed by atoms with Crippen LogP contribution in [0.5, 0.6) is 0 Å². The van der Waals surface area contributed by atoms with Gasteiger partial charge in [0.2, 0.25) is 23.6 Å². The number of amides is 4. The van der Waals surface area contributed by atoms with Crippen molar-refractivity contribution in [1.29, 1.82) is 0 Å². The van der Waals surface area contributed by atoms with Crippen LogP contribution in [0.4, 0.5) is 0 Å². The minimum Gasteiger partial charge on any atom is -0.481 e. The number of hydrogen-bond donors (Lipinski definition) is 8. The Morgan fingerprint density at radius 1 is 1.03 bits per heavy atom. The fourth-order valence-electron chi connectivity index (χ4n) is 3.26. The molecular formula is C19H31N5O9S. The molecule has 0 aromatic carbocycles. The number of aliphatic carboxylic acids is 2. The van der Waals surface area contributed by atoms with E-state index in [1.165, 1.54) is 11.8 Å². The number of nitrogens with two attached hydrogens (primary N) is 1. The molecule has 1 fully saturated rings. The first-order chi connectivity index (χ1) is 15.9. The molecule has 0 saturated carbocycles. The second-order valence-corrected chi connectivity index (χ2v) is 8.15. The van der Waals surface area contributed by atoms with Crippen molar-refractivity contribution < 1.29 is 44.1 Å². The monoisotopic (exact) mass is 505 g/mol. The zero-order valence-corrected chi connectivity index (χ0v) is 19.5. The molecule has 0 aromatic rings. The smallest absolute Gasteiger partial charge is 0.326 e. The minimum absolute atomic E-state index is 0.186. The van der Waals surface area contributed by atoms with Gasteiger partial charge in [-0.1, -0.05) is 0 Å². The standard InChI is InChI=1S/C19H31N5O9S/c1-9(18(31)24-6-2-3-13(24)19(32)33)21-17(30)12(8-34)23-16(29)11(7-25)22-15(28)10(20)4-5-14(26)27/h9-13,25,34H,2-8,20H2,1H3,(H,21,30)(H,22,28)(H,23,29)(H,26,27)(H,32,33)/t9-,10-,11-,12-,13-/m0/s1. The Balaban J connectivity index is 2.69. The first-order valence-electron chi connectivity index (χ1n) is 10.6. The Morgan fingerprint density at radius 2 is 1.62 bits per heavy atom. The molecule has 4 amide bonds. The molecule has 0 bridgehead atoms. The Morgan fingerprint density at radius 3 is 2.15 bits per heavy atom. The third-order valence-electron chi connectivity index (χ3n) is 5.19. The fourth-order valence-corrected chi connectivity index (χ4v) is 3.52. The Bertz CT molecular complexity index is 796. The summed E-state index contributed by atoms with van der Waals surface area (Å²) in [4.78, 5) is 72.7. The van der Waals surface area contributed by atoms with E-state index in [0.717, 1.165) is 0 Å². The van der Waals surface area contributed by atoms with Gasteiger partial charge in [-0.05, 0) is 26.2 Å². The number of hydrogen-bond acceptors (Lipinski definition) is 9. The number of rotatable bonds is 13. The molecule has 1 aliphatic rings. The highest BCUT2D eigenvalue weighted by atomic mass is 32.1. The zero-order chi connectivity index (χ0) is 26.0. The van der Waals surface area contributed by atoms with E-state index < -0.39 is 72.4 Å². The van der Waals surface area contributed by atoms with E-state index in [1.807, 2.05) is 0 Å². The molecule has 34 heavy (non-hydrogen) atoms. The van der Waals surface area contributed by atoms with Crippen molar-refractivity contribution in [3.8, 4) is 0 Å². The van der Waals surface area contributed by atoms with E-state index in [4.69, 9.17) is 10.8 Å². The number of carboxylic acids is 2. The van der Waals surface area contributed by atoms with Crippen LogP contribution in [0.2, 0.25) is 0 Å². The molecule has 0 radical (unpaired) electrons. The number of carbonyl (C=O) groups excluding carboxylic acids is 4. The van der Waals surface area contributed by atoms with Crippen molar-refractivity contribution in [3.05, 3.63) is 0 Å². The SMILES string of the molecule is C[C@H](NC(=O)[C@H](CS)NC(=O)[C@H](CO)NC(=O)[C@@H](N)CCC(=O)O)C(=O)N1CCC[C@H]1C(=O)O. The molecule has 8 N–H and O–H groups in total. The van der Waals surface area contributed by atoms with Gasteiger partial charge >= 0.3 is 11.9 Å². The number of carbonyl (C=O) groups is 6. The van der Waals surface area contributed by atoms with Crippen LogP contribution in [0, 0.1) is 0 Å². The van der Waals surface area contributed by atoms with Crippen LogP contribution in [0.3, 0.4) is 0 Å². The molecule has 14 nitrogen and oxygen atoms in total. The summed E-state index contributed by atoms with van der Waals surface area (Å²) in [5.74, 6) is -5.64. The number of nitrogens with one attached hydrogen (secondary N) is 3. The number of thiol groups is 1. The lowest BCUT2D eigenvalue weighted by Gasteiger charge is -2.27. The lowest BCUT2D eigenvalue weighted by molar-refractivity contribution is -0.149. The van der Waals surface area contributed by atoms with Crippen molar-refractivity contribution in [2.45, 2.75) is 62.8 Å². The van der Waals surface area contributed by atoms with Crippen molar-refractivity contribution in [1.82, 2.24) is 20.9 Å². The van der Waals surface area contributed by atoms with Gasteiger partial charge in [0.15, 0.2) is 0 Å². The first-order valence-corrected chi connectivity index (χ1v) is 11.2. The van der Waals surface area contributed by atoms with E-state index in [-0.39, 0.29) is 25.1 Å². The highest BCUT2D eigenvalue weighted by Crippen LogP contribution is 2.18. The second kappa shape index (κ2) is 13.7. The Labute approximate surface area is 201 Å². The molecule has 1 rings (SSSR count). The number of aliphatic hydroxyl groups excluding tert-OH is 1. The van der Waals surface area contributed by atoms with Crippen LogP contribution in [-0.4, -0.2) is 105 Å². The third kappa shape index (κ3) is 8.46. The van der Waals surface area contributed by atoms with Gasteiger partial charge in [-0.3, -0.25) is 24.0 Å². The molecular weight excluding hydrogens is 474 g/mol. The van der Waals surface area contributed by atoms with Gasteiger partial charge < -0.3 is 41.9 Å². The van der Waals surface area contributed by atoms with E-state index >= 15 is 0 Å². The zero-order valence-electron chi connectivity index (χ0n) is 18.6. The minimum atomic E-state index is -1.47. The summed E-state index contributed by atoms with van der Waals surface area (Å²) in [6.07, 6.45) is 0.278. The summed E-state index contributed by atoms with van der Waals surface area (Å²) < 4.78 is 0. The van der Waals surface area contributed by atoms with Crippen LogP contribution >= 0.6 is 12.6 Å². The van der Waals surface area contributed by atoms with Crippen molar-refractivity contribution in [2.24, 2.45) is 5.73 Å². The summed E-state index contributed by atoms with van der Waals surface area (Å²) in [7, 11) is 0. The summed E-state index contributed by atoms with van der Waals surface area (Å²) in [6.45, 7) is 0.796. The number of aliphatic hydroxyl groups is 1.